The predicted molar refractivity (Wildman–Crippen MR) is 126 cm³/mol. The molecule has 2 N–H and O–H groups in total. The van der Waals surface area contributed by atoms with Crippen molar-refractivity contribution in [1.82, 2.24) is 4.90 Å². The predicted octanol–water partition coefficient (Wildman–Crippen LogP) is 2.61. The molecular weight excluding hydrogens is 454 g/mol. The van der Waals surface area contributed by atoms with Gasteiger partial charge in [-0.15, -0.1) is 0 Å². The fourth-order valence-corrected chi connectivity index (χ4v) is 4.64. The van der Waals surface area contributed by atoms with Gasteiger partial charge in [0.1, 0.15) is 24.1 Å². The fourth-order valence-electron chi connectivity index (χ4n) is 4.64. The van der Waals surface area contributed by atoms with E-state index in [0.29, 0.717) is 25.3 Å². The Kier molecular flexibility index (Phi) is 6.93. The Balaban J connectivity index is 1.50. The molecule has 1 fully saturated rings. The molecule has 0 bridgehead atoms. The van der Waals surface area contributed by atoms with E-state index in [9.17, 15) is 19.7 Å². The first kappa shape index (κ1) is 24.5. The van der Waals surface area contributed by atoms with Gasteiger partial charge in [0.05, 0.1) is 17.9 Å². The van der Waals surface area contributed by atoms with Crippen LogP contribution in [0.4, 0.5) is 5.69 Å². The van der Waals surface area contributed by atoms with Crippen molar-refractivity contribution in [3.05, 3.63) is 63.7 Å². The largest absolute Gasteiger partial charge is 0.487 e. The number of carbonyl (C=O) groups is 2. The van der Waals surface area contributed by atoms with E-state index in [1.165, 1.54) is 6.07 Å². The van der Waals surface area contributed by atoms with E-state index in [2.05, 4.69) is 0 Å². The van der Waals surface area contributed by atoms with E-state index in [0.717, 1.165) is 11.1 Å². The Morgan fingerprint density at radius 1 is 1.23 bits per heavy atom. The van der Waals surface area contributed by atoms with E-state index >= 15 is 0 Å². The molecular formula is C25H29N3O7. The molecule has 10 heteroatoms. The molecule has 186 valence electrons. The summed E-state index contributed by atoms with van der Waals surface area (Å²) in [5.74, 6) is -0.651. The van der Waals surface area contributed by atoms with Crippen LogP contribution in [0.25, 0.3) is 0 Å². The molecule has 0 radical (unpaired) electrons. The van der Waals surface area contributed by atoms with E-state index < -0.39 is 28.5 Å². The number of primary amides is 1. The zero-order valence-corrected chi connectivity index (χ0v) is 19.8. The van der Waals surface area contributed by atoms with Crippen molar-refractivity contribution in [2.45, 2.75) is 45.0 Å². The molecule has 2 heterocycles. The van der Waals surface area contributed by atoms with Crippen LogP contribution in [0.1, 0.15) is 31.4 Å². The normalized spacial score (nSPS) is 20.6. The standard InChI is InChI=1S/C25H29N3O7/c1-25(2)11-17-8-19(28(31)32)21(10-20(17)35-25)34-22-13-27(14-23(26)29)12-18(22)9-24(30)33-15-16-6-4-3-5-7-16/h3-8,10,18,22H,9,11-15H2,1-2H3,(H2,26,29)/t18-,22?/m0/s1. The molecule has 0 spiro atoms. The first-order valence-electron chi connectivity index (χ1n) is 11.5. The van der Waals surface area contributed by atoms with E-state index in [4.69, 9.17) is 19.9 Å². The van der Waals surface area contributed by atoms with Gasteiger partial charge >= 0.3 is 11.7 Å². The van der Waals surface area contributed by atoms with Crippen molar-refractivity contribution in [1.29, 1.82) is 0 Å². The number of nitro benzene ring substituents is 1. The first-order valence-corrected chi connectivity index (χ1v) is 11.5. The highest BCUT2D eigenvalue weighted by atomic mass is 16.6. The number of hydrogen-bond acceptors (Lipinski definition) is 8. The minimum absolute atomic E-state index is 0.000988. The number of rotatable bonds is 9. The number of fused-ring (bicyclic) bond motifs is 1. The first-order chi connectivity index (χ1) is 16.6. The number of likely N-dealkylation sites (tertiary alicyclic amines) is 1. The van der Waals surface area contributed by atoms with Crippen LogP contribution in [0, 0.1) is 16.0 Å². The minimum Gasteiger partial charge on any atom is -0.487 e. The number of ether oxygens (including phenoxy) is 3. The highest BCUT2D eigenvalue weighted by molar-refractivity contribution is 5.76. The summed E-state index contributed by atoms with van der Waals surface area (Å²) in [5, 5.41) is 11.8. The molecule has 35 heavy (non-hydrogen) atoms. The molecule has 2 aliphatic heterocycles. The molecule has 2 atom stereocenters. The van der Waals surface area contributed by atoms with Crippen LogP contribution in [-0.4, -0.2) is 53.0 Å². The molecule has 0 aromatic heterocycles. The zero-order valence-electron chi connectivity index (χ0n) is 19.8. The summed E-state index contributed by atoms with van der Waals surface area (Å²) in [6, 6.07) is 12.4. The van der Waals surface area contributed by atoms with Crippen LogP contribution in [0.2, 0.25) is 0 Å². The molecule has 10 nitrogen and oxygen atoms in total. The van der Waals surface area contributed by atoms with Gasteiger partial charge in [-0.25, -0.2) is 0 Å². The van der Waals surface area contributed by atoms with Crippen LogP contribution in [0.3, 0.4) is 0 Å². The average Bonchev–Trinajstić information content (AvgIpc) is 3.29. The Labute approximate surface area is 203 Å². The molecule has 2 aliphatic rings. The number of carbonyl (C=O) groups excluding carboxylic acids is 2. The fraction of sp³-hybridized carbons (Fsp3) is 0.440. The summed E-state index contributed by atoms with van der Waals surface area (Å²) in [6.45, 7) is 4.63. The maximum absolute atomic E-state index is 12.6. The molecule has 4 rings (SSSR count). The van der Waals surface area contributed by atoms with Gasteiger partial charge in [-0.1, -0.05) is 30.3 Å². The monoisotopic (exact) mass is 483 g/mol. The molecule has 0 aliphatic carbocycles. The van der Waals surface area contributed by atoms with Crippen molar-refractivity contribution in [3.8, 4) is 11.5 Å². The van der Waals surface area contributed by atoms with Crippen LogP contribution in [0.15, 0.2) is 42.5 Å². The van der Waals surface area contributed by atoms with Gasteiger partial charge in [0.2, 0.25) is 11.7 Å². The van der Waals surface area contributed by atoms with Crippen molar-refractivity contribution in [3.63, 3.8) is 0 Å². The number of amides is 1. The van der Waals surface area contributed by atoms with E-state index in [-0.39, 0.29) is 36.9 Å². The Morgan fingerprint density at radius 2 is 1.97 bits per heavy atom. The lowest BCUT2D eigenvalue weighted by Gasteiger charge is -2.20. The summed E-state index contributed by atoms with van der Waals surface area (Å²) >= 11 is 0. The van der Waals surface area contributed by atoms with Crippen molar-refractivity contribution >= 4 is 17.6 Å². The summed E-state index contributed by atoms with van der Waals surface area (Å²) in [7, 11) is 0. The topological polar surface area (TPSA) is 134 Å². The maximum Gasteiger partial charge on any atom is 0.311 e. The number of nitro groups is 1. The number of benzene rings is 2. The number of nitrogens with two attached hydrogens (primary N) is 1. The SMILES string of the molecule is CC1(C)Cc2cc([N+](=O)[O-])c(OC3CN(CC(N)=O)C[C@@H]3CC(=O)OCc3ccccc3)cc2O1. The highest BCUT2D eigenvalue weighted by Gasteiger charge is 2.39. The molecule has 2 aromatic carbocycles. The van der Waals surface area contributed by atoms with Crippen LogP contribution in [-0.2, 0) is 27.4 Å². The number of hydrogen-bond donors (Lipinski definition) is 1. The molecule has 1 saturated heterocycles. The van der Waals surface area contributed by atoms with Gasteiger partial charge in [-0.3, -0.25) is 24.6 Å². The average molecular weight is 484 g/mol. The Hall–Kier alpha value is -3.66. The lowest BCUT2D eigenvalue weighted by atomic mass is 10.0. The van der Waals surface area contributed by atoms with Gasteiger partial charge in [0.25, 0.3) is 0 Å². The zero-order chi connectivity index (χ0) is 25.2. The van der Waals surface area contributed by atoms with Gasteiger partial charge in [-0.05, 0) is 19.4 Å². The summed E-state index contributed by atoms with van der Waals surface area (Å²) < 4.78 is 17.5. The molecule has 2 aromatic rings. The lowest BCUT2D eigenvalue weighted by molar-refractivity contribution is -0.386. The minimum atomic E-state index is -0.579. The Morgan fingerprint density at radius 3 is 2.66 bits per heavy atom. The number of nitrogens with zero attached hydrogens (tertiary/aromatic N) is 2. The third kappa shape index (κ3) is 6.07. The van der Waals surface area contributed by atoms with Crippen molar-refractivity contribution in [2.24, 2.45) is 11.7 Å². The summed E-state index contributed by atoms with van der Waals surface area (Å²) in [4.78, 5) is 37.1. The Bertz CT molecular complexity index is 1120. The number of esters is 1. The van der Waals surface area contributed by atoms with Gasteiger partial charge in [0.15, 0.2) is 0 Å². The molecule has 1 amide bonds. The van der Waals surface area contributed by atoms with E-state index in [1.54, 1.807) is 11.0 Å². The smallest absolute Gasteiger partial charge is 0.311 e. The van der Waals surface area contributed by atoms with Crippen molar-refractivity contribution < 1.29 is 28.7 Å². The molecule has 1 unspecified atom stereocenters. The third-order valence-corrected chi connectivity index (χ3v) is 6.13. The highest BCUT2D eigenvalue weighted by Crippen LogP contribution is 2.43. The van der Waals surface area contributed by atoms with Gasteiger partial charge < -0.3 is 19.9 Å². The second-order valence-corrected chi connectivity index (χ2v) is 9.65. The van der Waals surface area contributed by atoms with Crippen LogP contribution >= 0.6 is 0 Å². The van der Waals surface area contributed by atoms with Gasteiger partial charge in [-0.2, -0.15) is 0 Å². The lowest BCUT2D eigenvalue weighted by Crippen LogP contribution is -2.33. The second kappa shape index (κ2) is 9.91. The summed E-state index contributed by atoms with van der Waals surface area (Å²) in [5.41, 5.74) is 6.35. The molecule has 0 saturated carbocycles. The van der Waals surface area contributed by atoms with Crippen LogP contribution < -0.4 is 15.2 Å². The van der Waals surface area contributed by atoms with Gasteiger partial charge in [0, 0.05) is 43.1 Å². The third-order valence-electron chi connectivity index (χ3n) is 6.13. The summed E-state index contributed by atoms with van der Waals surface area (Å²) in [6.07, 6.45) is 0.00858. The maximum atomic E-state index is 12.6. The van der Waals surface area contributed by atoms with E-state index in [1.807, 2.05) is 44.2 Å². The second-order valence-electron chi connectivity index (χ2n) is 9.65. The van der Waals surface area contributed by atoms with Crippen LogP contribution in [0.5, 0.6) is 11.5 Å². The quantitative estimate of drug-likeness (QED) is 0.327. The van der Waals surface area contributed by atoms with Crippen molar-refractivity contribution in [2.75, 3.05) is 19.6 Å².